The third kappa shape index (κ3) is 5.01. The number of piperazine rings is 1. The van der Waals surface area contributed by atoms with Gasteiger partial charge in [0.25, 0.3) is 5.91 Å². The zero-order valence-corrected chi connectivity index (χ0v) is 19.2. The normalized spacial score (nSPS) is 19.9. The second-order valence-corrected chi connectivity index (χ2v) is 7.35. The molecule has 0 radical (unpaired) electrons. The van der Waals surface area contributed by atoms with Crippen LogP contribution in [0.3, 0.4) is 0 Å². The molecule has 29 heavy (non-hydrogen) atoms. The first-order chi connectivity index (χ1) is 13.8. The first-order valence-corrected chi connectivity index (χ1v) is 10.1. The van der Waals surface area contributed by atoms with Crippen molar-refractivity contribution in [3.63, 3.8) is 0 Å². The van der Waals surface area contributed by atoms with E-state index in [1.165, 1.54) is 16.3 Å². The molecule has 2 aliphatic heterocycles. The van der Waals surface area contributed by atoms with Gasteiger partial charge >= 0.3 is 0 Å². The highest BCUT2D eigenvalue weighted by molar-refractivity contribution is 14.0. The zero-order chi connectivity index (χ0) is 19.3. The second kappa shape index (κ2) is 10.2. The highest BCUT2D eigenvalue weighted by Crippen LogP contribution is 2.19. The Hall–Kier alpha value is -1.87. The van der Waals surface area contributed by atoms with Gasteiger partial charge in [-0.25, -0.2) is 0 Å². The summed E-state index contributed by atoms with van der Waals surface area (Å²) in [6, 6.07) is 14.8. The summed E-state index contributed by atoms with van der Waals surface area (Å²) in [5.41, 5.74) is 1.26. The molecule has 0 saturated carbocycles. The van der Waals surface area contributed by atoms with Gasteiger partial charge in [-0.05, 0) is 29.2 Å². The van der Waals surface area contributed by atoms with E-state index in [1.54, 1.807) is 0 Å². The minimum atomic E-state index is -0.227. The first kappa shape index (κ1) is 21.8. The van der Waals surface area contributed by atoms with E-state index in [-0.39, 0.29) is 36.0 Å². The minimum Gasteiger partial charge on any atom is -0.368 e. The number of fused-ring (bicyclic) bond motifs is 1. The summed E-state index contributed by atoms with van der Waals surface area (Å²) in [6.45, 7) is 4.44. The molecule has 0 aromatic heterocycles. The summed E-state index contributed by atoms with van der Waals surface area (Å²) in [5.74, 6) is 1.04. The lowest BCUT2D eigenvalue weighted by Gasteiger charge is -2.37. The fourth-order valence-electron chi connectivity index (χ4n) is 4.07. The van der Waals surface area contributed by atoms with Crippen LogP contribution in [0.5, 0.6) is 0 Å². The molecular weight excluding hydrogens is 479 g/mol. The number of carbonyl (C=O) groups excluding carboxylic acids is 1. The summed E-state index contributed by atoms with van der Waals surface area (Å²) in [4.78, 5) is 21.1. The van der Waals surface area contributed by atoms with Crippen molar-refractivity contribution in [3.8, 4) is 0 Å². The summed E-state index contributed by atoms with van der Waals surface area (Å²) in [5, 5.41) is 6.01. The topological polar surface area (TPSA) is 57.2 Å². The number of hydrogen-bond donors (Lipinski definition) is 1. The predicted octanol–water partition coefficient (Wildman–Crippen LogP) is 2.86. The Balaban J connectivity index is 0.00000240. The van der Waals surface area contributed by atoms with Gasteiger partial charge in [0.15, 0.2) is 5.96 Å². The van der Waals surface area contributed by atoms with Crippen LogP contribution < -0.4 is 5.32 Å². The Bertz CT molecular complexity index is 854. The van der Waals surface area contributed by atoms with Crippen molar-refractivity contribution in [2.75, 3.05) is 39.8 Å². The number of rotatable bonds is 3. The molecule has 2 fully saturated rings. The number of benzene rings is 2. The maximum atomic E-state index is 12.5. The van der Waals surface area contributed by atoms with Gasteiger partial charge < -0.3 is 19.9 Å². The van der Waals surface area contributed by atoms with Gasteiger partial charge in [0, 0.05) is 46.4 Å². The Morgan fingerprint density at radius 3 is 2.55 bits per heavy atom. The average Bonchev–Trinajstić information content (AvgIpc) is 3.29. The van der Waals surface area contributed by atoms with Crippen LogP contribution in [0.1, 0.15) is 18.4 Å². The highest BCUT2D eigenvalue weighted by atomic mass is 127. The predicted molar refractivity (Wildman–Crippen MR) is 127 cm³/mol. The van der Waals surface area contributed by atoms with Gasteiger partial charge in [-0.15, -0.1) is 24.0 Å². The van der Waals surface area contributed by atoms with Gasteiger partial charge in [-0.2, -0.15) is 0 Å². The number of guanidine groups is 1. The van der Waals surface area contributed by atoms with Gasteiger partial charge in [-0.3, -0.25) is 9.79 Å². The smallest absolute Gasteiger partial charge is 0.251 e. The molecule has 4 rings (SSSR count). The van der Waals surface area contributed by atoms with Crippen LogP contribution in [0.15, 0.2) is 47.5 Å². The Morgan fingerprint density at radius 2 is 1.83 bits per heavy atom. The quantitative estimate of drug-likeness (QED) is 0.394. The van der Waals surface area contributed by atoms with E-state index in [4.69, 9.17) is 4.74 Å². The third-order valence-electron chi connectivity index (χ3n) is 5.62. The number of carbonyl (C=O) groups is 1. The van der Waals surface area contributed by atoms with Crippen LogP contribution >= 0.6 is 24.0 Å². The van der Waals surface area contributed by atoms with E-state index in [1.807, 2.05) is 11.9 Å². The first-order valence-electron chi connectivity index (χ1n) is 10.1. The SMILES string of the molecule is CN=C(NCc1cccc2ccccc12)N1CCN(C(=O)C2CCCO2)CC1.I. The lowest BCUT2D eigenvalue weighted by Crippen LogP contribution is -2.55. The molecule has 2 heterocycles. The Kier molecular flexibility index (Phi) is 7.71. The number of nitrogens with zero attached hydrogens (tertiary/aromatic N) is 3. The van der Waals surface area contributed by atoms with E-state index in [2.05, 4.69) is 57.7 Å². The van der Waals surface area contributed by atoms with Crippen molar-refractivity contribution in [3.05, 3.63) is 48.0 Å². The maximum Gasteiger partial charge on any atom is 0.251 e. The van der Waals surface area contributed by atoms with E-state index >= 15 is 0 Å². The lowest BCUT2D eigenvalue weighted by molar-refractivity contribution is -0.142. The number of ether oxygens (including phenoxy) is 1. The molecule has 7 heteroatoms. The number of halogens is 1. The molecule has 2 aromatic carbocycles. The molecule has 1 atom stereocenters. The van der Waals surface area contributed by atoms with Crippen molar-refractivity contribution in [2.45, 2.75) is 25.5 Å². The fraction of sp³-hybridized carbons (Fsp3) is 0.455. The van der Waals surface area contributed by atoms with Crippen LogP contribution in [0.25, 0.3) is 10.8 Å². The molecule has 0 bridgehead atoms. The maximum absolute atomic E-state index is 12.5. The summed E-state index contributed by atoms with van der Waals surface area (Å²) in [7, 11) is 1.81. The molecule has 2 aliphatic rings. The van der Waals surface area contributed by atoms with Crippen molar-refractivity contribution in [1.82, 2.24) is 15.1 Å². The lowest BCUT2D eigenvalue weighted by atomic mass is 10.0. The third-order valence-corrected chi connectivity index (χ3v) is 5.62. The molecule has 0 spiro atoms. The number of amides is 1. The molecule has 0 aliphatic carbocycles. The minimum absolute atomic E-state index is 0. The van der Waals surface area contributed by atoms with Gasteiger partial charge in [0.1, 0.15) is 6.10 Å². The monoisotopic (exact) mass is 508 g/mol. The van der Waals surface area contributed by atoms with Crippen molar-refractivity contribution in [2.24, 2.45) is 4.99 Å². The van der Waals surface area contributed by atoms with E-state index < -0.39 is 0 Å². The number of aliphatic imine (C=N–C) groups is 1. The zero-order valence-electron chi connectivity index (χ0n) is 16.8. The molecule has 2 aromatic rings. The summed E-state index contributed by atoms with van der Waals surface area (Å²) >= 11 is 0. The standard InChI is InChI=1S/C22H28N4O2.HI/c1-23-22(24-16-18-8-4-7-17-6-2-3-9-19(17)18)26-13-11-25(12-14-26)21(27)20-10-5-15-28-20;/h2-4,6-9,20H,5,10-16H2,1H3,(H,23,24);1H. The average molecular weight is 508 g/mol. The van der Waals surface area contributed by atoms with Gasteiger partial charge in [-0.1, -0.05) is 42.5 Å². The molecule has 6 nitrogen and oxygen atoms in total. The van der Waals surface area contributed by atoms with E-state index in [0.717, 1.165) is 38.4 Å². The van der Waals surface area contributed by atoms with Crippen LogP contribution in [0.4, 0.5) is 0 Å². The highest BCUT2D eigenvalue weighted by Gasteiger charge is 2.30. The molecule has 1 unspecified atom stereocenters. The molecule has 1 amide bonds. The molecule has 156 valence electrons. The fourth-order valence-corrected chi connectivity index (χ4v) is 4.07. The van der Waals surface area contributed by atoms with Gasteiger partial charge in [0.05, 0.1) is 0 Å². The van der Waals surface area contributed by atoms with Gasteiger partial charge in [0.2, 0.25) is 0 Å². The van der Waals surface area contributed by atoms with Crippen LogP contribution in [-0.4, -0.2) is 67.6 Å². The molecule has 2 saturated heterocycles. The van der Waals surface area contributed by atoms with Crippen LogP contribution in [0, 0.1) is 0 Å². The summed E-state index contributed by atoms with van der Waals surface area (Å²) in [6.07, 6.45) is 1.62. The number of nitrogens with one attached hydrogen (secondary N) is 1. The van der Waals surface area contributed by atoms with Crippen LogP contribution in [0.2, 0.25) is 0 Å². The Morgan fingerprint density at radius 1 is 1.10 bits per heavy atom. The second-order valence-electron chi connectivity index (χ2n) is 7.35. The molecule has 1 N–H and O–H groups in total. The van der Waals surface area contributed by atoms with Crippen molar-refractivity contribution >= 4 is 46.6 Å². The Labute approximate surface area is 189 Å². The van der Waals surface area contributed by atoms with Crippen molar-refractivity contribution in [1.29, 1.82) is 0 Å². The van der Waals surface area contributed by atoms with Crippen LogP contribution in [-0.2, 0) is 16.1 Å². The molecular formula is C22H29IN4O2. The van der Waals surface area contributed by atoms with E-state index in [0.29, 0.717) is 19.7 Å². The summed E-state index contributed by atoms with van der Waals surface area (Å²) < 4.78 is 5.55. The van der Waals surface area contributed by atoms with Crippen molar-refractivity contribution < 1.29 is 9.53 Å². The largest absolute Gasteiger partial charge is 0.368 e. The van der Waals surface area contributed by atoms with E-state index in [9.17, 15) is 4.79 Å². The number of hydrogen-bond acceptors (Lipinski definition) is 3.